The lowest BCUT2D eigenvalue weighted by Gasteiger charge is -2.11. The van der Waals surface area contributed by atoms with Gasteiger partial charge in [0.05, 0.1) is 11.1 Å². The van der Waals surface area contributed by atoms with Crippen molar-refractivity contribution in [1.29, 1.82) is 0 Å². The van der Waals surface area contributed by atoms with Gasteiger partial charge in [0.25, 0.3) is 0 Å². The number of H-pyrrole nitrogens is 1. The summed E-state index contributed by atoms with van der Waals surface area (Å²) in [4.78, 5) is 11.6. The van der Waals surface area contributed by atoms with Crippen LogP contribution in [-0.2, 0) is 10.0 Å². The summed E-state index contributed by atoms with van der Waals surface area (Å²) in [6.45, 7) is 0. The fourth-order valence-electron chi connectivity index (χ4n) is 2.66. The second-order valence-electron chi connectivity index (χ2n) is 5.99. The van der Waals surface area contributed by atoms with E-state index < -0.39 is 10.0 Å². The molecule has 0 bridgehead atoms. The molecular weight excluding hydrogens is 400 g/mol. The number of nitrogens with zero attached hydrogens (tertiary/aromatic N) is 2. The molecule has 0 aliphatic rings. The van der Waals surface area contributed by atoms with Gasteiger partial charge in [-0.1, -0.05) is 17.7 Å². The maximum absolute atomic E-state index is 11.5. The molecule has 0 saturated heterocycles. The second-order valence-corrected chi connectivity index (χ2v) is 7.96. The van der Waals surface area contributed by atoms with Gasteiger partial charge in [-0.3, -0.25) is 0 Å². The van der Waals surface area contributed by atoms with Crippen molar-refractivity contribution in [3.63, 3.8) is 0 Å². The summed E-state index contributed by atoms with van der Waals surface area (Å²) in [5.41, 5.74) is 2.32. The van der Waals surface area contributed by atoms with Crippen molar-refractivity contribution >= 4 is 55.7 Å². The van der Waals surface area contributed by atoms with Crippen molar-refractivity contribution < 1.29 is 8.42 Å². The van der Waals surface area contributed by atoms with Crippen molar-refractivity contribution in [2.24, 2.45) is 5.14 Å². The Bertz CT molecular complexity index is 1270. The van der Waals surface area contributed by atoms with Crippen molar-refractivity contribution in [3.05, 3.63) is 65.9 Å². The number of hydrogen-bond donors (Lipinski definition) is 4. The van der Waals surface area contributed by atoms with Crippen LogP contribution in [0.5, 0.6) is 0 Å². The van der Waals surface area contributed by atoms with Gasteiger partial charge < -0.3 is 15.6 Å². The summed E-state index contributed by atoms with van der Waals surface area (Å²) >= 11 is 6.21. The summed E-state index contributed by atoms with van der Waals surface area (Å²) in [5, 5.41) is 12.7. The number of hydrogen-bond acceptors (Lipinski definition) is 6. The van der Waals surface area contributed by atoms with Gasteiger partial charge in [0.2, 0.25) is 16.0 Å². The summed E-state index contributed by atoms with van der Waals surface area (Å²) in [6.07, 6.45) is 3.32. The van der Waals surface area contributed by atoms with Crippen LogP contribution in [0.2, 0.25) is 5.02 Å². The van der Waals surface area contributed by atoms with Crippen molar-refractivity contribution in [3.8, 4) is 0 Å². The highest BCUT2D eigenvalue weighted by molar-refractivity contribution is 7.89. The maximum Gasteiger partial charge on any atom is 0.238 e. The third-order valence-electron chi connectivity index (χ3n) is 3.98. The molecule has 142 valence electrons. The van der Waals surface area contributed by atoms with Gasteiger partial charge >= 0.3 is 0 Å². The van der Waals surface area contributed by atoms with E-state index in [1.807, 2.05) is 30.5 Å². The lowest BCUT2D eigenvalue weighted by Crippen LogP contribution is -2.12. The molecule has 2 aromatic carbocycles. The highest BCUT2D eigenvalue weighted by Gasteiger charge is 2.10. The van der Waals surface area contributed by atoms with Crippen molar-refractivity contribution in [2.75, 3.05) is 10.6 Å². The molecule has 8 nitrogen and oxygen atoms in total. The molecular formula is C18H15ClN6O2S. The van der Waals surface area contributed by atoms with E-state index in [9.17, 15) is 8.42 Å². The second kappa shape index (κ2) is 7.12. The Balaban J connectivity index is 1.60. The minimum Gasteiger partial charge on any atom is -0.361 e. The Hall–Kier alpha value is -3.14. The third-order valence-corrected chi connectivity index (χ3v) is 5.17. The molecule has 2 aromatic heterocycles. The Morgan fingerprint density at radius 3 is 2.68 bits per heavy atom. The van der Waals surface area contributed by atoms with E-state index >= 15 is 0 Å². The Labute approximate surface area is 165 Å². The third kappa shape index (κ3) is 3.91. The van der Waals surface area contributed by atoms with Gasteiger partial charge in [-0.25, -0.2) is 18.5 Å². The first-order chi connectivity index (χ1) is 13.4. The van der Waals surface area contributed by atoms with Gasteiger partial charge in [-0.05, 0) is 42.5 Å². The number of nitrogens with one attached hydrogen (secondary N) is 3. The number of fused-ring (bicyclic) bond motifs is 1. The number of primary sulfonamides is 1. The maximum atomic E-state index is 11.5. The van der Waals surface area contributed by atoms with Crippen LogP contribution in [0.4, 0.5) is 23.1 Å². The van der Waals surface area contributed by atoms with Crippen molar-refractivity contribution in [2.45, 2.75) is 4.90 Å². The lowest BCUT2D eigenvalue weighted by atomic mass is 10.2. The highest BCUT2D eigenvalue weighted by Crippen LogP contribution is 2.27. The largest absolute Gasteiger partial charge is 0.361 e. The Kier molecular flexibility index (Phi) is 4.63. The van der Waals surface area contributed by atoms with Crippen molar-refractivity contribution in [1.82, 2.24) is 15.0 Å². The quantitative estimate of drug-likeness (QED) is 0.394. The fourth-order valence-corrected chi connectivity index (χ4v) is 3.36. The molecule has 10 heteroatoms. The number of nitrogens with two attached hydrogens (primary N) is 1. The molecule has 28 heavy (non-hydrogen) atoms. The Morgan fingerprint density at radius 2 is 1.86 bits per heavy atom. The van der Waals surface area contributed by atoms with E-state index in [1.54, 1.807) is 12.1 Å². The fraction of sp³-hybridized carbons (Fsp3) is 0. The van der Waals surface area contributed by atoms with Crippen LogP contribution >= 0.6 is 11.6 Å². The smallest absolute Gasteiger partial charge is 0.238 e. The van der Waals surface area contributed by atoms with E-state index in [0.29, 0.717) is 16.5 Å². The zero-order valence-electron chi connectivity index (χ0n) is 14.3. The molecule has 4 rings (SSSR count). The van der Waals surface area contributed by atoms with E-state index in [-0.39, 0.29) is 10.8 Å². The molecule has 4 aromatic rings. The number of benzene rings is 2. The van der Waals surface area contributed by atoms with Crippen LogP contribution in [0.25, 0.3) is 10.9 Å². The normalized spacial score (nSPS) is 11.5. The number of aromatic nitrogens is 3. The summed E-state index contributed by atoms with van der Waals surface area (Å²) < 4.78 is 23.0. The number of rotatable bonds is 5. The molecule has 0 radical (unpaired) electrons. The van der Waals surface area contributed by atoms with Gasteiger partial charge in [0.1, 0.15) is 5.02 Å². The zero-order chi connectivity index (χ0) is 19.7. The summed E-state index contributed by atoms with van der Waals surface area (Å²) in [7, 11) is -3.80. The van der Waals surface area contributed by atoms with E-state index in [1.165, 1.54) is 18.3 Å². The molecule has 0 saturated carbocycles. The first kappa shape index (κ1) is 18.2. The topological polar surface area (TPSA) is 126 Å². The lowest BCUT2D eigenvalue weighted by molar-refractivity contribution is 0.598. The van der Waals surface area contributed by atoms with Gasteiger partial charge in [-0.2, -0.15) is 4.98 Å². The SMILES string of the molecule is NS(=O)(=O)c1cccc(Nc2ncc(Cl)c(Nc3ccc4[nH]ccc4c3)n2)c1. The van der Waals surface area contributed by atoms with Crippen LogP contribution in [0, 0.1) is 0 Å². The molecule has 0 unspecified atom stereocenters. The average Bonchev–Trinajstić information content (AvgIpc) is 3.12. The predicted octanol–water partition coefficient (Wildman–Crippen LogP) is 3.75. The molecule has 0 aliphatic heterocycles. The van der Waals surface area contributed by atoms with Gasteiger partial charge in [0.15, 0.2) is 5.82 Å². The number of halogens is 1. The molecule has 0 spiro atoms. The molecule has 5 N–H and O–H groups in total. The predicted molar refractivity (Wildman–Crippen MR) is 110 cm³/mol. The van der Waals surface area contributed by atoms with E-state index in [0.717, 1.165) is 16.6 Å². The van der Waals surface area contributed by atoms with Gasteiger partial charge in [-0.15, -0.1) is 0 Å². The molecule has 0 fully saturated rings. The zero-order valence-corrected chi connectivity index (χ0v) is 15.9. The van der Waals surface area contributed by atoms with Crippen LogP contribution < -0.4 is 15.8 Å². The minimum absolute atomic E-state index is 0.00961. The minimum atomic E-state index is -3.80. The highest BCUT2D eigenvalue weighted by atomic mass is 35.5. The standard InChI is InChI=1S/C18H15ClN6O2S/c19-15-10-22-18(24-12-2-1-3-14(9-12)28(20,26)27)25-17(15)23-13-4-5-16-11(8-13)6-7-21-16/h1-10,21H,(H2,20,26,27)(H2,22,23,24,25). The van der Waals surface area contributed by atoms with Crippen LogP contribution in [0.15, 0.2) is 65.8 Å². The van der Waals surface area contributed by atoms with Crippen LogP contribution in [-0.4, -0.2) is 23.4 Å². The van der Waals surface area contributed by atoms with Crippen LogP contribution in [0.1, 0.15) is 0 Å². The van der Waals surface area contributed by atoms with E-state index in [2.05, 4.69) is 25.6 Å². The van der Waals surface area contributed by atoms with Gasteiger partial charge in [0, 0.05) is 28.5 Å². The monoisotopic (exact) mass is 414 g/mol. The first-order valence-electron chi connectivity index (χ1n) is 8.15. The molecule has 0 amide bonds. The molecule has 0 aliphatic carbocycles. The summed E-state index contributed by atoms with van der Waals surface area (Å²) in [6, 6.07) is 13.8. The average molecular weight is 415 g/mol. The molecule has 0 atom stereocenters. The summed E-state index contributed by atoms with van der Waals surface area (Å²) in [5.74, 6) is 0.665. The Morgan fingerprint density at radius 1 is 1.04 bits per heavy atom. The molecule has 2 heterocycles. The number of sulfonamides is 1. The number of aromatic amines is 1. The first-order valence-corrected chi connectivity index (χ1v) is 10.1. The van der Waals surface area contributed by atoms with E-state index in [4.69, 9.17) is 16.7 Å². The van der Waals surface area contributed by atoms with Crippen LogP contribution in [0.3, 0.4) is 0 Å². The number of anilines is 4.